The summed E-state index contributed by atoms with van der Waals surface area (Å²) >= 11 is 0. The van der Waals surface area contributed by atoms with Crippen molar-refractivity contribution < 1.29 is 9.59 Å². The molecule has 5 heteroatoms. The first-order chi connectivity index (χ1) is 8.72. The summed E-state index contributed by atoms with van der Waals surface area (Å²) in [5.41, 5.74) is 1.01. The van der Waals surface area contributed by atoms with E-state index in [9.17, 15) is 9.59 Å². The third kappa shape index (κ3) is 2.73. The van der Waals surface area contributed by atoms with Crippen LogP contribution in [-0.4, -0.2) is 41.8 Å². The molecule has 1 aromatic rings. The molecule has 96 valence electrons. The molecule has 2 rings (SSSR count). The van der Waals surface area contributed by atoms with Gasteiger partial charge < -0.3 is 5.32 Å². The summed E-state index contributed by atoms with van der Waals surface area (Å²) in [7, 11) is 1.80. The molecule has 1 aromatic heterocycles. The van der Waals surface area contributed by atoms with Crippen LogP contribution in [0.5, 0.6) is 0 Å². The highest BCUT2D eigenvalue weighted by Crippen LogP contribution is 2.28. The first kappa shape index (κ1) is 12.7. The summed E-state index contributed by atoms with van der Waals surface area (Å²) in [5.74, 6) is -0.162. The van der Waals surface area contributed by atoms with Crippen molar-refractivity contribution in [2.45, 2.75) is 18.8 Å². The number of likely N-dealkylation sites (tertiary alicyclic amines) is 1. The van der Waals surface area contributed by atoms with Gasteiger partial charge in [-0.15, -0.1) is 0 Å². The number of amides is 2. The fraction of sp³-hybridized carbons (Fsp3) is 0.462. The summed E-state index contributed by atoms with van der Waals surface area (Å²) in [6.45, 7) is 1.09. The molecule has 5 nitrogen and oxygen atoms in total. The van der Waals surface area contributed by atoms with Crippen LogP contribution in [0.25, 0.3) is 0 Å². The number of likely N-dealkylation sites (N-methyl/N-ethyl adjacent to an activating group) is 1. The molecule has 0 aromatic carbocycles. The van der Waals surface area contributed by atoms with E-state index in [4.69, 9.17) is 0 Å². The average molecular weight is 247 g/mol. The maximum atomic E-state index is 12.0. The predicted molar refractivity (Wildman–Crippen MR) is 66.9 cm³/mol. The predicted octanol–water partition coefficient (Wildman–Crippen LogP) is 0.534. The Morgan fingerprint density at radius 3 is 2.44 bits per heavy atom. The first-order valence-electron chi connectivity index (χ1n) is 6.10. The number of carbonyl (C=O) groups is 2. The van der Waals surface area contributed by atoms with Gasteiger partial charge in [-0.05, 0) is 24.7 Å². The van der Waals surface area contributed by atoms with Crippen molar-refractivity contribution in [2.24, 2.45) is 0 Å². The fourth-order valence-corrected chi connectivity index (χ4v) is 2.20. The Bertz CT molecular complexity index is 415. The number of hydrogen-bond acceptors (Lipinski definition) is 4. The molecule has 0 atom stereocenters. The number of carbonyl (C=O) groups excluding carboxylic acids is 2. The van der Waals surface area contributed by atoms with Crippen LogP contribution in [0.15, 0.2) is 24.5 Å². The van der Waals surface area contributed by atoms with Crippen molar-refractivity contribution >= 4 is 11.8 Å². The summed E-state index contributed by atoms with van der Waals surface area (Å²) in [6.07, 6.45) is 4.19. The van der Waals surface area contributed by atoms with Gasteiger partial charge in [-0.2, -0.15) is 0 Å². The zero-order valence-electron chi connectivity index (χ0n) is 10.4. The van der Waals surface area contributed by atoms with Gasteiger partial charge in [0.05, 0.1) is 0 Å². The molecule has 1 saturated heterocycles. The molecular weight excluding hydrogens is 230 g/mol. The van der Waals surface area contributed by atoms with Crippen LogP contribution in [0.2, 0.25) is 0 Å². The van der Waals surface area contributed by atoms with Crippen molar-refractivity contribution in [3.8, 4) is 0 Å². The number of piperidine rings is 1. The van der Waals surface area contributed by atoms with Crippen LogP contribution < -0.4 is 5.32 Å². The third-order valence-corrected chi connectivity index (χ3v) is 3.21. The maximum absolute atomic E-state index is 12.0. The molecule has 0 spiro atoms. The molecule has 0 aliphatic carbocycles. The van der Waals surface area contributed by atoms with Gasteiger partial charge >= 0.3 is 0 Å². The smallest absolute Gasteiger partial charge is 0.229 e. The third-order valence-electron chi connectivity index (χ3n) is 3.21. The Balaban J connectivity index is 2.05. The van der Waals surface area contributed by atoms with Gasteiger partial charge in [0.15, 0.2) is 0 Å². The second kappa shape index (κ2) is 5.73. The van der Waals surface area contributed by atoms with Crippen molar-refractivity contribution in [3.63, 3.8) is 0 Å². The van der Waals surface area contributed by atoms with Crippen molar-refractivity contribution in [3.05, 3.63) is 30.1 Å². The molecule has 0 radical (unpaired) electrons. The number of rotatable bonds is 4. The Hall–Kier alpha value is -1.75. The molecule has 1 aliphatic heterocycles. The van der Waals surface area contributed by atoms with Gasteiger partial charge in [0.1, 0.15) is 0 Å². The van der Waals surface area contributed by atoms with E-state index < -0.39 is 0 Å². The summed E-state index contributed by atoms with van der Waals surface area (Å²) in [4.78, 5) is 29.2. The topological polar surface area (TPSA) is 62.3 Å². The van der Waals surface area contributed by atoms with Crippen molar-refractivity contribution in [1.29, 1.82) is 0 Å². The van der Waals surface area contributed by atoms with Crippen LogP contribution in [-0.2, 0) is 9.59 Å². The Morgan fingerprint density at radius 2 is 1.89 bits per heavy atom. The lowest BCUT2D eigenvalue weighted by Gasteiger charge is -2.30. The number of imide groups is 1. The lowest BCUT2D eigenvalue weighted by Crippen LogP contribution is -2.45. The largest absolute Gasteiger partial charge is 0.318 e. The molecule has 18 heavy (non-hydrogen) atoms. The maximum Gasteiger partial charge on any atom is 0.229 e. The number of aromatic nitrogens is 1. The van der Waals surface area contributed by atoms with Crippen molar-refractivity contribution in [1.82, 2.24) is 15.2 Å². The quantitative estimate of drug-likeness (QED) is 0.789. The fourth-order valence-electron chi connectivity index (χ4n) is 2.20. The van der Waals surface area contributed by atoms with Gasteiger partial charge in [-0.3, -0.25) is 19.5 Å². The van der Waals surface area contributed by atoms with Crippen LogP contribution in [0.1, 0.15) is 24.3 Å². The highest BCUT2D eigenvalue weighted by atomic mass is 16.2. The first-order valence-corrected chi connectivity index (χ1v) is 6.10. The highest BCUT2D eigenvalue weighted by Gasteiger charge is 2.32. The zero-order chi connectivity index (χ0) is 13.0. The van der Waals surface area contributed by atoms with Crippen LogP contribution in [0.3, 0.4) is 0 Å². The van der Waals surface area contributed by atoms with E-state index in [0.29, 0.717) is 25.9 Å². The minimum absolute atomic E-state index is 0.00108. The number of nitrogens with one attached hydrogen (secondary N) is 1. The standard InChI is InChI=1S/C13H17N3O2/c1-14-6-7-16-12(17)8-11(9-13(16)18)10-2-4-15-5-3-10/h2-5,11,14H,6-9H2,1H3. The monoisotopic (exact) mass is 247 g/mol. The van der Waals surface area contributed by atoms with Crippen molar-refractivity contribution in [2.75, 3.05) is 20.1 Å². The molecular formula is C13H17N3O2. The van der Waals surface area contributed by atoms with Gasteiger partial charge in [0, 0.05) is 44.2 Å². The summed E-state index contributed by atoms with van der Waals surface area (Å²) in [5, 5.41) is 2.94. The van der Waals surface area contributed by atoms with Crippen LogP contribution in [0, 0.1) is 0 Å². The molecule has 1 fully saturated rings. The van der Waals surface area contributed by atoms with E-state index in [-0.39, 0.29) is 17.7 Å². The van der Waals surface area contributed by atoms with E-state index in [1.165, 1.54) is 4.90 Å². The van der Waals surface area contributed by atoms with Gasteiger partial charge in [0.25, 0.3) is 0 Å². The molecule has 0 bridgehead atoms. The minimum Gasteiger partial charge on any atom is -0.318 e. The second-order valence-electron chi connectivity index (χ2n) is 4.43. The number of hydrogen-bond donors (Lipinski definition) is 1. The normalized spacial score (nSPS) is 17.3. The SMILES string of the molecule is CNCCN1C(=O)CC(c2ccncc2)CC1=O. The van der Waals surface area contributed by atoms with E-state index in [2.05, 4.69) is 10.3 Å². The molecule has 0 unspecified atom stereocenters. The summed E-state index contributed by atoms with van der Waals surface area (Å²) in [6, 6.07) is 3.74. The van der Waals surface area contributed by atoms with Gasteiger partial charge in [0.2, 0.25) is 11.8 Å². The Morgan fingerprint density at radius 1 is 1.28 bits per heavy atom. The van der Waals surface area contributed by atoms with E-state index >= 15 is 0 Å². The zero-order valence-corrected chi connectivity index (χ0v) is 10.4. The second-order valence-corrected chi connectivity index (χ2v) is 4.43. The molecule has 1 aliphatic rings. The van der Waals surface area contributed by atoms with Gasteiger partial charge in [-0.1, -0.05) is 0 Å². The number of pyridine rings is 1. The Labute approximate surface area is 106 Å². The van der Waals surface area contributed by atoms with Gasteiger partial charge in [-0.25, -0.2) is 0 Å². The minimum atomic E-state index is -0.0803. The van der Waals surface area contributed by atoms with Crippen LogP contribution >= 0.6 is 0 Å². The summed E-state index contributed by atoms with van der Waals surface area (Å²) < 4.78 is 0. The lowest BCUT2D eigenvalue weighted by molar-refractivity contribution is -0.148. The number of nitrogens with zero attached hydrogens (tertiary/aromatic N) is 2. The molecule has 0 saturated carbocycles. The van der Waals surface area contributed by atoms with E-state index in [1.807, 2.05) is 12.1 Å². The lowest BCUT2D eigenvalue weighted by atomic mass is 9.89. The molecule has 1 N–H and O–H groups in total. The molecule has 2 amide bonds. The van der Waals surface area contributed by atoms with Crippen LogP contribution in [0.4, 0.5) is 0 Å². The average Bonchev–Trinajstić information content (AvgIpc) is 2.39. The Kier molecular flexibility index (Phi) is 4.04. The van der Waals surface area contributed by atoms with E-state index in [0.717, 1.165) is 5.56 Å². The molecule has 2 heterocycles. The highest BCUT2D eigenvalue weighted by molar-refractivity contribution is 5.98. The van der Waals surface area contributed by atoms with E-state index in [1.54, 1.807) is 19.4 Å².